The standard InChI is InChI=1S/C15H18N2O6S2/c1-9-4-5-10(16-14(20)24-7-12(18)22-2)6-11(9)17-15(21)25-8-13(19)23-3/h4-6H,7-8H2,1-3H3,(H,16,20)(H,17,21). The minimum absolute atomic E-state index is 0.0953. The smallest absolute Gasteiger partial charge is 0.316 e. The van der Waals surface area contributed by atoms with Crippen LogP contribution in [-0.2, 0) is 19.1 Å². The Morgan fingerprint density at radius 1 is 0.920 bits per heavy atom. The molecule has 10 heteroatoms. The fourth-order valence-electron chi connectivity index (χ4n) is 1.50. The number of methoxy groups -OCH3 is 2. The minimum atomic E-state index is -0.500. The van der Waals surface area contributed by atoms with Gasteiger partial charge in [0, 0.05) is 11.4 Å². The summed E-state index contributed by atoms with van der Waals surface area (Å²) in [6, 6.07) is 4.98. The Morgan fingerprint density at radius 2 is 1.44 bits per heavy atom. The number of rotatable bonds is 6. The molecule has 0 bridgehead atoms. The fourth-order valence-corrected chi connectivity index (χ4v) is 2.61. The van der Waals surface area contributed by atoms with Crippen LogP contribution >= 0.6 is 23.5 Å². The minimum Gasteiger partial charge on any atom is -0.468 e. The van der Waals surface area contributed by atoms with Crippen molar-refractivity contribution in [2.75, 3.05) is 36.4 Å². The first-order chi connectivity index (χ1) is 11.8. The lowest BCUT2D eigenvalue weighted by molar-refractivity contribution is -0.138. The van der Waals surface area contributed by atoms with E-state index in [1.807, 2.05) is 0 Å². The highest BCUT2D eigenvalue weighted by atomic mass is 32.2. The molecule has 2 N–H and O–H groups in total. The Labute approximate surface area is 153 Å². The molecule has 0 atom stereocenters. The highest BCUT2D eigenvalue weighted by molar-refractivity contribution is 8.14. The molecule has 1 aromatic carbocycles. The summed E-state index contributed by atoms with van der Waals surface area (Å²) in [4.78, 5) is 45.6. The number of carbonyl (C=O) groups is 4. The molecule has 0 fully saturated rings. The third-order valence-corrected chi connectivity index (χ3v) is 4.31. The first-order valence-electron chi connectivity index (χ1n) is 6.97. The SMILES string of the molecule is COC(=O)CSC(=O)Nc1ccc(C)c(NC(=O)SCC(=O)OC)c1. The van der Waals surface area contributed by atoms with Gasteiger partial charge in [0.2, 0.25) is 0 Å². The van der Waals surface area contributed by atoms with E-state index in [1.165, 1.54) is 14.2 Å². The largest absolute Gasteiger partial charge is 0.468 e. The van der Waals surface area contributed by atoms with Crippen LogP contribution in [0.1, 0.15) is 5.56 Å². The van der Waals surface area contributed by atoms with E-state index >= 15 is 0 Å². The van der Waals surface area contributed by atoms with Gasteiger partial charge < -0.3 is 20.1 Å². The monoisotopic (exact) mass is 386 g/mol. The van der Waals surface area contributed by atoms with Gasteiger partial charge in [-0.25, -0.2) is 0 Å². The van der Waals surface area contributed by atoms with E-state index < -0.39 is 22.4 Å². The number of nitrogens with one attached hydrogen (secondary N) is 2. The van der Waals surface area contributed by atoms with Gasteiger partial charge in [-0.2, -0.15) is 0 Å². The van der Waals surface area contributed by atoms with Gasteiger partial charge in [0.05, 0.1) is 14.2 Å². The number of benzene rings is 1. The summed E-state index contributed by atoms with van der Waals surface area (Å²) in [7, 11) is 2.49. The van der Waals surface area contributed by atoms with Crippen molar-refractivity contribution in [1.82, 2.24) is 0 Å². The Balaban J connectivity index is 2.63. The van der Waals surface area contributed by atoms with Gasteiger partial charge in [-0.05, 0) is 24.6 Å². The Bertz CT molecular complexity index is 665. The van der Waals surface area contributed by atoms with Crippen LogP contribution in [0.15, 0.2) is 18.2 Å². The number of thioether (sulfide) groups is 2. The summed E-state index contributed by atoms with van der Waals surface area (Å²) < 4.78 is 8.92. The molecule has 0 aliphatic rings. The predicted octanol–water partition coefficient (Wildman–Crippen LogP) is 2.87. The molecule has 2 amide bonds. The molecule has 0 radical (unpaired) electrons. The van der Waals surface area contributed by atoms with Crippen LogP contribution in [0.3, 0.4) is 0 Å². The molecule has 0 unspecified atom stereocenters. The van der Waals surface area contributed by atoms with Crippen molar-refractivity contribution in [2.24, 2.45) is 0 Å². The zero-order valence-corrected chi connectivity index (χ0v) is 15.5. The van der Waals surface area contributed by atoms with Crippen LogP contribution < -0.4 is 10.6 Å². The summed E-state index contributed by atoms with van der Waals surface area (Å²) in [5, 5.41) is 4.41. The van der Waals surface area contributed by atoms with Gasteiger partial charge >= 0.3 is 11.9 Å². The van der Waals surface area contributed by atoms with Crippen molar-refractivity contribution in [3.63, 3.8) is 0 Å². The summed E-state index contributed by atoms with van der Waals surface area (Å²) in [5.41, 5.74) is 1.74. The van der Waals surface area contributed by atoms with Crippen molar-refractivity contribution in [1.29, 1.82) is 0 Å². The molecular weight excluding hydrogens is 368 g/mol. The van der Waals surface area contributed by atoms with E-state index in [9.17, 15) is 19.2 Å². The zero-order valence-electron chi connectivity index (χ0n) is 13.9. The number of anilines is 2. The van der Waals surface area contributed by atoms with Crippen LogP contribution in [0, 0.1) is 6.92 Å². The molecule has 0 saturated carbocycles. The maximum atomic E-state index is 11.8. The summed E-state index contributed by atoms with van der Waals surface area (Å²) in [6.45, 7) is 1.79. The number of ether oxygens (including phenoxy) is 2. The number of hydrogen-bond acceptors (Lipinski definition) is 8. The lowest BCUT2D eigenvalue weighted by Crippen LogP contribution is -2.13. The molecule has 0 saturated heterocycles. The normalized spacial score (nSPS) is 9.88. The second-order valence-corrected chi connectivity index (χ2v) is 6.48. The molecule has 25 heavy (non-hydrogen) atoms. The van der Waals surface area contributed by atoms with Gasteiger partial charge in [-0.15, -0.1) is 0 Å². The van der Waals surface area contributed by atoms with Gasteiger partial charge in [0.1, 0.15) is 11.5 Å². The van der Waals surface area contributed by atoms with Crippen LogP contribution in [0.2, 0.25) is 0 Å². The van der Waals surface area contributed by atoms with Crippen LogP contribution in [0.25, 0.3) is 0 Å². The molecule has 0 spiro atoms. The molecule has 1 rings (SSSR count). The highest BCUT2D eigenvalue weighted by Crippen LogP contribution is 2.23. The predicted molar refractivity (Wildman–Crippen MR) is 98.2 cm³/mol. The molecular formula is C15H18N2O6S2. The van der Waals surface area contributed by atoms with Crippen molar-refractivity contribution in [2.45, 2.75) is 6.92 Å². The van der Waals surface area contributed by atoms with E-state index in [0.717, 1.165) is 29.1 Å². The summed E-state index contributed by atoms with van der Waals surface area (Å²) in [6.07, 6.45) is 0. The molecule has 136 valence electrons. The molecule has 0 heterocycles. The van der Waals surface area contributed by atoms with E-state index in [0.29, 0.717) is 11.4 Å². The average molecular weight is 386 g/mol. The third-order valence-electron chi connectivity index (χ3n) is 2.82. The van der Waals surface area contributed by atoms with Crippen molar-refractivity contribution >= 4 is 57.3 Å². The number of carbonyl (C=O) groups excluding carboxylic acids is 4. The van der Waals surface area contributed by atoms with Crippen LogP contribution in [0.4, 0.5) is 21.0 Å². The van der Waals surface area contributed by atoms with E-state index in [2.05, 4.69) is 20.1 Å². The third kappa shape index (κ3) is 7.94. The maximum absolute atomic E-state index is 11.8. The number of aryl methyl sites for hydroxylation is 1. The quantitative estimate of drug-likeness (QED) is 0.718. The van der Waals surface area contributed by atoms with Crippen molar-refractivity contribution in [3.8, 4) is 0 Å². The Morgan fingerprint density at radius 3 is 1.96 bits per heavy atom. The lowest BCUT2D eigenvalue weighted by atomic mass is 10.2. The second-order valence-electron chi connectivity index (χ2n) is 4.58. The number of amides is 2. The first-order valence-corrected chi connectivity index (χ1v) is 8.94. The first kappa shape index (κ1) is 20.8. The Hall–Kier alpha value is -2.20. The lowest BCUT2D eigenvalue weighted by Gasteiger charge is -2.11. The molecule has 1 aromatic rings. The second kappa shape index (κ2) is 10.6. The van der Waals surface area contributed by atoms with E-state index in [4.69, 9.17) is 0 Å². The highest BCUT2D eigenvalue weighted by Gasteiger charge is 2.11. The summed E-state index contributed by atoms with van der Waals surface area (Å²) in [5.74, 6) is -1.19. The summed E-state index contributed by atoms with van der Waals surface area (Å²) >= 11 is 1.55. The molecule has 0 aliphatic carbocycles. The van der Waals surface area contributed by atoms with E-state index in [1.54, 1.807) is 25.1 Å². The zero-order chi connectivity index (χ0) is 18.8. The molecule has 0 aromatic heterocycles. The maximum Gasteiger partial charge on any atom is 0.316 e. The Kier molecular flexibility index (Phi) is 8.86. The molecule has 8 nitrogen and oxygen atoms in total. The fraction of sp³-hybridized carbons (Fsp3) is 0.333. The van der Waals surface area contributed by atoms with Crippen LogP contribution in [-0.4, -0.2) is 48.1 Å². The van der Waals surface area contributed by atoms with Gasteiger partial charge in [-0.3, -0.25) is 19.2 Å². The van der Waals surface area contributed by atoms with Crippen LogP contribution in [0.5, 0.6) is 0 Å². The van der Waals surface area contributed by atoms with Gasteiger partial charge in [0.25, 0.3) is 10.5 Å². The van der Waals surface area contributed by atoms with Crippen molar-refractivity contribution in [3.05, 3.63) is 23.8 Å². The van der Waals surface area contributed by atoms with E-state index in [-0.39, 0.29) is 11.5 Å². The molecule has 0 aliphatic heterocycles. The average Bonchev–Trinajstić information content (AvgIpc) is 2.60. The number of esters is 2. The van der Waals surface area contributed by atoms with Gasteiger partial charge in [0.15, 0.2) is 0 Å². The number of hydrogen-bond donors (Lipinski definition) is 2. The van der Waals surface area contributed by atoms with Crippen molar-refractivity contribution < 1.29 is 28.7 Å². The topological polar surface area (TPSA) is 111 Å². The van der Waals surface area contributed by atoms with Gasteiger partial charge in [-0.1, -0.05) is 29.6 Å².